The van der Waals surface area contributed by atoms with Gasteiger partial charge in [0, 0.05) is 17.3 Å². The summed E-state index contributed by atoms with van der Waals surface area (Å²) in [6, 6.07) is 8.16. The third-order valence-electron chi connectivity index (χ3n) is 5.81. The van der Waals surface area contributed by atoms with Gasteiger partial charge in [-0.05, 0) is 49.3 Å². The summed E-state index contributed by atoms with van der Waals surface area (Å²) in [6.07, 6.45) is 5.60. The number of ketones is 1. The Kier molecular flexibility index (Phi) is 4.27. The molecule has 1 aromatic rings. The van der Waals surface area contributed by atoms with Gasteiger partial charge in [-0.15, -0.1) is 0 Å². The van der Waals surface area contributed by atoms with Crippen LogP contribution in [0.2, 0.25) is 0 Å². The van der Waals surface area contributed by atoms with Crippen LogP contribution >= 0.6 is 0 Å². The average Bonchev–Trinajstić information content (AvgIpc) is 2.65. The molecule has 0 spiro atoms. The zero-order chi connectivity index (χ0) is 15.7. The number of nitrogens with one attached hydrogen (secondary N) is 1. The molecule has 0 aromatic heterocycles. The Bertz CT molecular complexity index is 541. The smallest absolute Gasteiger partial charge is 0.163 e. The topological polar surface area (TPSA) is 29.1 Å². The average molecular weight is 285 g/mol. The van der Waals surface area contributed by atoms with Crippen molar-refractivity contribution in [2.45, 2.75) is 47.5 Å². The number of carbonyl (C=O) groups is 1. The van der Waals surface area contributed by atoms with Crippen molar-refractivity contribution in [2.75, 3.05) is 5.32 Å². The maximum atomic E-state index is 12.6. The summed E-state index contributed by atoms with van der Waals surface area (Å²) < 4.78 is 0. The van der Waals surface area contributed by atoms with Crippen molar-refractivity contribution >= 4 is 11.5 Å². The molecular weight excluding hydrogens is 258 g/mol. The molecule has 1 aromatic carbocycles. The molecule has 2 nitrogen and oxygen atoms in total. The molecule has 0 aliphatic heterocycles. The lowest BCUT2D eigenvalue weighted by Gasteiger charge is -2.39. The number of benzene rings is 1. The number of carbonyl (C=O) groups excluding carboxylic acids is 1. The quantitative estimate of drug-likeness (QED) is 0.793. The van der Waals surface area contributed by atoms with Crippen molar-refractivity contribution in [3.63, 3.8) is 0 Å². The Hall–Kier alpha value is -1.57. The molecule has 2 heteroatoms. The van der Waals surface area contributed by atoms with Gasteiger partial charge in [0.05, 0.1) is 0 Å². The van der Waals surface area contributed by atoms with Gasteiger partial charge in [0.2, 0.25) is 0 Å². The molecule has 2 atom stereocenters. The van der Waals surface area contributed by atoms with E-state index >= 15 is 0 Å². The molecule has 0 heterocycles. The van der Waals surface area contributed by atoms with Gasteiger partial charge < -0.3 is 5.32 Å². The minimum atomic E-state index is -0.252. The van der Waals surface area contributed by atoms with Crippen molar-refractivity contribution in [1.82, 2.24) is 0 Å². The van der Waals surface area contributed by atoms with E-state index in [0.717, 1.165) is 18.5 Å². The molecule has 1 aliphatic rings. The summed E-state index contributed by atoms with van der Waals surface area (Å²) in [6.45, 7) is 10.9. The molecule has 0 saturated heterocycles. The third-order valence-corrected chi connectivity index (χ3v) is 5.81. The van der Waals surface area contributed by atoms with Crippen molar-refractivity contribution in [2.24, 2.45) is 16.7 Å². The molecule has 114 valence electrons. The van der Waals surface area contributed by atoms with Crippen LogP contribution < -0.4 is 5.32 Å². The van der Waals surface area contributed by atoms with Crippen LogP contribution in [0, 0.1) is 23.7 Å². The molecule has 0 radical (unpaired) electrons. The normalized spacial score (nSPS) is 28.0. The predicted octanol–water partition coefficient (Wildman–Crippen LogP) is 4.95. The highest BCUT2D eigenvalue weighted by Gasteiger charge is 2.52. The van der Waals surface area contributed by atoms with Crippen LogP contribution in [0.25, 0.3) is 0 Å². The highest BCUT2D eigenvalue weighted by molar-refractivity contribution is 5.95. The summed E-state index contributed by atoms with van der Waals surface area (Å²) >= 11 is 0. The Balaban J connectivity index is 2.04. The van der Waals surface area contributed by atoms with Crippen molar-refractivity contribution in [1.29, 1.82) is 0 Å². The van der Waals surface area contributed by atoms with Crippen LogP contribution in [0.3, 0.4) is 0 Å². The van der Waals surface area contributed by atoms with Gasteiger partial charge in [0.25, 0.3) is 0 Å². The molecule has 1 saturated carbocycles. The minimum Gasteiger partial charge on any atom is -0.362 e. The molecule has 1 N–H and O–H groups in total. The SMILES string of the molecule is Cc1ccc(N/C=C/C(=O)[C@]2(C)CC[C@H](C)C2(C)C)cc1. The van der Waals surface area contributed by atoms with E-state index in [0.29, 0.717) is 5.92 Å². The Morgan fingerprint density at radius 2 is 1.86 bits per heavy atom. The number of hydrogen-bond donors (Lipinski definition) is 1. The second-order valence-electron chi connectivity index (χ2n) is 7.20. The maximum absolute atomic E-state index is 12.6. The van der Waals surface area contributed by atoms with E-state index in [1.165, 1.54) is 5.56 Å². The summed E-state index contributed by atoms with van der Waals surface area (Å²) in [5, 5.41) is 3.18. The molecule has 0 amide bonds. The lowest BCUT2D eigenvalue weighted by atomic mass is 9.64. The lowest BCUT2D eigenvalue weighted by molar-refractivity contribution is -0.128. The van der Waals surface area contributed by atoms with E-state index in [4.69, 9.17) is 0 Å². The van der Waals surface area contributed by atoms with Gasteiger partial charge in [-0.2, -0.15) is 0 Å². The van der Waals surface area contributed by atoms with Gasteiger partial charge in [-0.25, -0.2) is 0 Å². The van der Waals surface area contributed by atoms with Gasteiger partial charge in [0.15, 0.2) is 5.78 Å². The van der Waals surface area contributed by atoms with Crippen LogP contribution in [0.5, 0.6) is 0 Å². The standard InChI is InChI=1S/C19H27NO/c1-14-6-8-16(9-7-14)20-13-11-17(21)19(5)12-10-15(2)18(19,3)4/h6-9,11,13,15,20H,10,12H2,1-5H3/b13-11+/t15-,19-/m0/s1. The fourth-order valence-corrected chi connectivity index (χ4v) is 3.22. The first-order valence-corrected chi connectivity index (χ1v) is 7.81. The fraction of sp³-hybridized carbons (Fsp3) is 0.526. The van der Waals surface area contributed by atoms with Gasteiger partial charge in [-0.3, -0.25) is 4.79 Å². The summed E-state index contributed by atoms with van der Waals surface area (Å²) in [5.74, 6) is 0.821. The second kappa shape index (κ2) is 5.67. The first kappa shape index (κ1) is 15.8. The largest absolute Gasteiger partial charge is 0.362 e. The highest BCUT2D eigenvalue weighted by Crippen LogP contribution is 2.56. The molecule has 21 heavy (non-hydrogen) atoms. The number of allylic oxidation sites excluding steroid dienone is 1. The third kappa shape index (κ3) is 2.90. The van der Waals surface area contributed by atoms with Crippen LogP contribution in [-0.2, 0) is 4.79 Å². The first-order chi connectivity index (χ1) is 9.77. The van der Waals surface area contributed by atoms with E-state index in [-0.39, 0.29) is 16.6 Å². The maximum Gasteiger partial charge on any atom is 0.163 e. The highest BCUT2D eigenvalue weighted by atomic mass is 16.1. The van der Waals surface area contributed by atoms with Crippen molar-refractivity contribution < 1.29 is 4.79 Å². The summed E-state index contributed by atoms with van der Waals surface area (Å²) in [4.78, 5) is 12.6. The van der Waals surface area contributed by atoms with E-state index < -0.39 is 0 Å². The lowest BCUT2D eigenvalue weighted by Crippen LogP contribution is -2.39. The van der Waals surface area contributed by atoms with Crippen molar-refractivity contribution in [3.05, 3.63) is 42.1 Å². The summed E-state index contributed by atoms with van der Waals surface area (Å²) in [7, 11) is 0. The molecule has 2 rings (SSSR count). The second-order valence-corrected chi connectivity index (χ2v) is 7.20. The Labute approximate surface area is 128 Å². The number of anilines is 1. The zero-order valence-electron chi connectivity index (χ0n) is 13.9. The number of hydrogen-bond acceptors (Lipinski definition) is 2. The van der Waals surface area contributed by atoms with Crippen LogP contribution in [-0.4, -0.2) is 5.78 Å². The minimum absolute atomic E-state index is 0.0539. The molecule has 0 bridgehead atoms. The van der Waals surface area contributed by atoms with Crippen LogP contribution in [0.1, 0.15) is 46.1 Å². The van der Waals surface area contributed by atoms with E-state index in [9.17, 15) is 4.79 Å². The van der Waals surface area contributed by atoms with Crippen LogP contribution in [0.15, 0.2) is 36.5 Å². The molecular formula is C19H27NO. The fourth-order valence-electron chi connectivity index (χ4n) is 3.22. The molecule has 0 unspecified atom stereocenters. The molecule has 1 aliphatic carbocycles. The van der Waals surface area contributed by atoms with E-state index in [2.05, 4.69) is 52.1 Å². The van der Waals surface area contributed by atoms with E-state index in [1.54, 1.807) is 12.3 Å². The predicted molar refractivity (Wildman–Crippen MR) is 89.2 cm³/mol. The Morgan fingerprint density at radius 3 is 2.38 bits per heavy atom. The Morgan fingerprint density at radius 1 is 1.24 bits per heavy atom. The summed E-state index contributed by atoms with van der Waals surface area (Å²) in [5.41, 5.74) is 2.04. The number of rotatable bonds is 4. The van der Waals surface area contributed by atoms with E-state index in [1.807, 2.05) is 12.1 Å². The van der Waals surface area contributed by atoms with Gasteiger partial charge in [-0.1, -0.05) is 45.4 Å². The van der Waals surface area contributed by atoms with Gasteiger partial charge in [0.1, 0.15) is 0 Å². The van der Waals surface area contributed by atoms with Crippen molar-refractivity contribution in [3.8, 4) is 0 Å². The first-order valence-electron chi connectivity index (χ1n) is 7.81. The number of aryl methyl sites for hydroxylation is 1. The monoisotopic (exact) mass is 285 g/mol. The molecule has 1 fully saturated rings. The van der Waals surface area contributed by atoms with Gasteiger partial charge >= 0.3 is 0 Å². The zero-order valence-corrected chi connectivity index (χ0v) is 13.9. The van der Waals surface area contributed by atoms with Crippen LogP contribution in [0.4, 0.5) is 5.69 Å².